The second-order valence-electron chi connectivity index (χ2n) is 6.03. The molecule has 21 heavy (non-hydrogen) atoms. The van der Waals surface area contributed by atoms with Crippen LogP contribution in [-0.2, 0) is 21.3 Å². The molecule has 0 unspecified atom stereocenters. The molecule has 1 aromatic carbocycles. The molecule has 5 nitrogen and oxygen atoms in total. The van der Waals surface area contributed by atoms with Crippen LogP contribution < -0.4 is 10.5 Å². The third kappa shape index (κ3) is 3.63. The number of hydrogen-bond donors (Lipinski definition) is 2. The van der Waals surface area contributed by atoms with Crippen molar-refractivity contribution < 1.29 is 13.2 Å². The molecular weight excluding hydrogens is 288 g/mol. The van der Waals surface area contributed by atoms with Crippen molar-refractivity contribution >= 4 is 10.0 Å². The van der Waals surface area contributed by atoms with Gasteiger partial charge in [0.25, 0.3) is 0 Å². The molecule has 0 spiro atoms. The summed E-state index contributed by atoms with van der Waals surface area (Å²) in [5, 5.41) is 0. The van der Waals surface area contributed by atoms with Crippen molar-refractivity contribution in [2.24, 2.45) is 5.73 Å². The highest BCUT2D eigenvalue weighted by atomic mass is 32.2. The molecule has 118 valence electrons. The molecule has 0 aromatic heterocycles. The second-order valence-corrected chi connectivity index (χ2v) is 7.68. The lowest BCUT2D eigenvalue weighted by Gasteiger charge is -2.34. The number of benzene rings is 1. The van der Waals surface area contributed by atoms with E-state index in [1.165, 1.54) is 0 Å². The highest BCUT2D eigenvalue weighted by molar-refractivity contribution is 7.89. The fourth-order valence-corrected chi connectivity index (χ4v) is 4.43. The number of hydrogen-bond acceptors (Lipinski definition) is 4. The van der Waals surface area contributed by atoms with Crippen molar-refractivity contribution in [3.8, 4) is 0 Å². The summed E-state index contributed by atoms with van der Waals surface area (Å²) in [7, 11) is -3.56. The molecule has 0 amide bonds. The molecule has 1 saturated heterocycles. The van der Waals surface area contributed by atoms with Crippen LogP contribution in [0.2, 0.25) is 0 Å². The Kier molecular flexibility index (Phi) is 4.72. The molecule has 0 saturated carbocycles. The number of ether oxygens (including phenoxy) is 1. The van der Waals surface area contributed by atoms with E-state index >= 15 is 0 Å². The number of nitrogens with two attached hydrogens (primary N) is 1. The van der Waals surface area contributed by atoms with Gasteiger partial charge in [0.05, 0.1) is 4.90 Å². The van der Waals surface area contributed by atoms with E-state index in [0.29, 0.717) is 37.5 Å². The maximum atomic E-state index is 12.7. The maximum Gasteiger partial charge on any atom is 0.241 e. The fraction of sp³-hybridized carbons (Fsp3) is 0.600. The number of rotatable bonds is 4. The van der Waals surface area contributed by atoms with E-state index in [2.05, 4.69) is 4.72 Å². The molecule has 1 fully saturated rings. The minimum absolute atomic E-state index is 0.321. The zero-order valence-corrected chi connectivity index (χ0v) is 13.7. The Labute approximate surface area is 126 Å². The highest BCUT2D eigenvalue weighted by Crippen LogP contribution is 2.26. The average Bonchev–Trinajstić information content (AvgIpc) is 2.38. The van der Waals surface area contributed by atoms with Gasteiger partial charge in [-0.1, -0.05) is 6.07 Å². The van der Waals surface area contributed by atoms with Crippen molar-refractivity contribution in [2.75, 3.05) is 13.2 Å². The van der Waals surface area contributed by atoms with Crippen LogP contribution >= 0.6 is 0 Å². The zero-order valence-electron chi connectivity index (χ0n) is 12.9. The van der Waals surface area contributed by atoms with Gasteiger partial charge in [0, 0.05) is 25.3 Å². The summed E-state index contributed by atoms with van der Waals surface area (Å²) in [4.78, 5) is 0.321. The molecule has 0 bridgehead atoms. The quantitative estimate of drug-likeness (QED) is 0.885. The Morgan fingerprint density at radius 1 is 1.24 bits per heavy atom. The van der Waals surface area contributed by atoms with Crippen molar-refractivity contribution in [3.63, 3.8) is 0 Å². The number of aryl methyl sites for hydroxylation is 2. The second kappa shape index (κ2) is 6.04. The van der Waals surface area contributed by atoms with E-state index in [9.17, 15) is 8.42 Å². The van der Waals surface area contributed by atoms with Crippen LogP contribution in [0.4, 0.5) is 0 Å². The molecule has 2 rings (SSSR count). The highest BCUT2D eigenvalue weighted by Gasteiger charge is 2.33. The predicted molar refractivity (Wildman–Crippen MR) is 82.6 cm³/mol. The van der Waals surface area contributed by atoms with Crippen molar-refractivity contribution in [1.29, 1.82) is 0 Å². The Morgan fingerprint density at radius 2 is 1.86 bits per heavy atom. The van der Waals surface area contributed by atoms with Crippen LogP contribution in [-0.4, -0.2) is 27.2 Å². The minimum Gasteiger partial charge on any atom is -0.381 e. The Hall–Kier alpha value is -0.950. The van der Waals surface area contributed by atoms with Crippen LogP contribution in [0.3, 0.4) is 0 Å². The van der Waals surface area contributed by atoms with Gasteiger partial charge in [-0.25, -0.2) is 13.1 Å². The Morgan fingerprint density at radius 3 is 2.43 bits per heavy atom. The molecule has 0 atom stereocenters. The van der Waals surface area contributed by atoms with Gasteiger partial charge < -0.3 is 10.5 Å². The SMILES string of the molecule is Cc1cc(C)c(S(=O)(=O)NC2(C)CCOCC2)cc1CN. The van der Waals surface area contributed by atoms with Gasteiger partial charge in [-0.2, -0.15) is 0 Å². The van der Waals surface area contributed by atoms with E-state index in [0.717, 1.165) is 16.7 Å². The lowest BCUT2D eigenvalue weighted by atomic mass is 9.94. The van der Waals surface area contributed by atoms with Gasteiger partial charge in [-0.15, -0.1) is 0 Å². The van der Waals surface area contributed by atoms with E-state index in [1.807, 2.05) is 26.8 Å². The summed E-state index contributed by atoms with van der Waals surface area (Å²) in [5.74, 6) is 0. The topological polar surface area (TPSA) is 81.4 Å². The number of nitrogens with one attached hydrogen (secondary N) is 1. The molecular formula is C15H24N2O3S. The van der Waals surface area contributed by atoms with E-state index in [-0.39, 0.29) is 0 Å². The first-order valence-electron chi connectivity index (χ1n) is 7.19. The first-order valence-corrected chi connectivity index (χ1v) is 8.68. The van der Waals surface area contributed by atoms with Crippen molar-refractivity contribution in [1.82, 2.24) is 4.72 Å². The van der Waals surface area contributed by atoms with Crippen LogP contribution in [0, 0.1) is 13.8 Å². The lowest BCUT2D eigenvalue weighted by Crippen LogP contribution is -2.49. The zero-order chi connectivity index (χ0) is 15.7. The molecule has 0 aliphatic carbocycles. The third-order valence-electron chi connectivity index (χ3n) is 4.12. The standard InChI is InChI=1S/C15H24N2O3S/c1-11-8-12(2)14(9-13(11)10-16)21(18,19)17-15(3)4-6-20-7-5-15/h8-9,17H,4-7,10,16H2,1-3H3. The average molecular weight is 312 g/mol. The molecule has 1 aliphatic rings. The van der Waals surface area contributed by atoms with E-state index < -0.39 is 15.6 Å². The number of sulfonamides is 1. The molecule has 1 heterocycles. The fourth-order valence-electron chi connectivity index (χ4n) is 2.69. The third-order valence-corrected chi connectivity index (χ3v) is 5.90. The van der Waals surface area contributed by atoms with E-state index in [1.54, 1.807) is 6.07 Å². The van der Waals surface area contributed by atoms with Crippen LogP contribution in [0.25, 0.3) is 0 Å². The summed E-state index contributed by atoms with van der Waals surface area (Å²) in [6.07, 6.45) is 1.36. The van der Waals surface area contributed by atoms with Crippen molar-refractivity contribution in [3.05, 3.63) is 28.8 Å². The summed E-state index contributed by atoms with van der Waals surface area (Å²) in [6, 6.07) is 3.57. The smallest absolute Gasteiger partial charge is 0.241 e. The molecule has 1 aliphatic heterocycles. The lowest BCUT2D eigenvalue weighted by molar-refractivity contribution is 0.0537. The van der Waals surface area contributed by atoms with Gasteiger partial charge >= 0.3 is 0 Å². The minimum atomic E-state index is -3.56. The van der Waals surface area contributed by atoms with Gasteiger partial charge in [-0.05, 0) is 56.4 Å². The monoisotopic (exact) mass is 312 g/mol. The first-order chi connectivity index (χ1) is 9.77. The summed E-state index contributed by atoms with van der Waals surface area (Å²) in [6.45, 7) is 7.19. The molecule has 1 aromatic rings. The van der Waals surface area contributed by atoms with Crippen LogP contribution in [0.5, 0.6) is 0 Å². The van der Waals surface area contributed by atoms with E-state index in [4.69, 9.17) is 10.5 Å². The molecule has 6 heteroatoms. The van der Waals surface area contributed by atoms with Gasteiger partial charge in [0.2, 0.25) is 10.0 Å². The largest absolute Gasteiger partial charge is 0.381 e. The van der Waals surface area contributed by atoms with Gasteiger partial charge in [0.1, 0.15) is 0 Å². The normalized spacial score (nSPS) is 18.7. The summed E-state index contributed by atoms with van der Waals surface area (Å²) >= 11 is 0. The summed E-state index contributed by atoms with van der Waals surface area (Å²) < 4.78 is 33.6. The Balaban J connectivity index is 2.35. The molecule has 0 radical (unpaired) electrons. The van der Waals surface area contributed by atoms with Gasteiger partial charge in [-0.3, -0.25) is 0 Å². The van der Waals surface area contributed by atoms with Gasteiger partial charge in [0.15, 0.2) is 0 Å². The van der Waals surface area contributed by atoms with Crippen molar-refractivity contribution in [2.45, 2.75) is 50.6 Å². The van der Waals surface area contributed by atoms with Crippen LogP contribution in [0.1, 0.15) is 36.5 Å². The Bertz CT molecular complexity index is 620. The predicted octanol–water partition coefficient (Wildman–Crippen LogP) is 1.61. The first kappa shape index (κ1) is 16.4. The maximum absolute atomic E-state index is 12.7. The molecule has 3 N–H and O–H groups in total. The van der Waals surface area contributed by atoms with Crippen LogP contribution in [0.15, 0.2) is 17.0 Å². The summed E-state index contributed by atoms with van der Waals surface area (Å²) in [5.41, 5.74) is 7.87.